The fraction of sp³-hybridized carbons (Fsp3) is 0.650. The number of hydrogen-bond acceptors (Lipinski definition) is 3. The first kappa shape index (κ1) is 23.2. The molecule has 0 saturated carbocycles. The van der Waals surface area contributed by atoms with Crippen molar-refractivity contribution in [3.63, 3.8) is 0 Å². The Morgan fingerprint density at radius 3 is 2.69 bits per heavy atom. The molecule has 0 bridgehead atoms. The van der Waals surface area contributed by atoms with Crippen LogP contribution in [0.2, 0.25) is 0 Å². The van der Waals surface area contributed by atoms with Crippen LogP contribution in [0.15, 0.2) is 35.3 Å². The molecule has 26 heavy (non-hydrogen) atoms. The Kier molecular flexibility index (Phi) is 11.9. The van der Waals surface area contributed by atoms with Crippen LogP contribution in [0.1, 0.15) is 38.2 Å². The zero-order chi connectivity index (χ0) is 17.8. The minimum absolute atomic E-state index is 0. The Balaban J connectivity index is 0.00000338. The number of ether oxygens (including phenoxy) is 2. The van der Waals surface area contributed by atoms with Gasteiger partial charge in [0, 0.05) is 33.4 Å². The van der Waals surface area contributed by atoms with Gasteiger partial charge in [-0.05, 0) is 44.6 Å². The summed E-state index contributed by atoms with van der Waals surface area (Å²) < 4.78 is 11.5. The summed E-state index contributed by atoms with van der Waals surface area (Å²) in [5.74, 6) is 0.849. The summed E-state index contributed by atoms with van der Waals surface area (Å²) >= 11 is 0. The van der Waals surface area contributed by atoms with E-state index in [4.69, 9.17) is 9.47 Å². The van der Waals surface area contributed by atoms with Crippen molar-refractivity contribution in [2.24, 2.45) is 4.99 Å². The number of nitrogens with zero attached hydrogens (tertiary/aromatic N) is 1. The average Bonchev–Trinajstić information content (AvgIpc) is 3.07. The third-order valence-electron chi connectivity index (χ3n) is 4.54. The molecule has 2 rings (SSSR count). The molecule has 6 heteroatoms. The number of guanidine groups is 1. The van der Waals surface area contributed by atoms with Crippen molar-refractivity contribution < 1.29 is 9.47 Å². The highest BCUT2D eigenvalue weighted by Crippen LogP contribution is 2.23. The first-order valence-electron chi connectivity index (χ1n) is 9.42. The number of rotatable bonds is 10. The quantitative estimate of drug-likeness (QED) is 0.236. The van der Waals surface area contributed by atoms with Gasteiger partial charge in [0.05, 0.1) is 12.2 Å². The maximum Gasteiger partial charge on any atom is 0.191 e. The average molecular weight is 475 g/mol. The Bertz CT molecular complexity index is 505. The number of unbranched alkanes of at least 4 members (excludes halogenated alkanes) is 1. The van der Waals surface area contributed by atoms with Crippen molar-refractivity contribution in [1.82, 2.24) is 10.6 Å². The predicted octanol–water partition coefficient (Wildman–Crippen LogP) is 3.38. The molecule has 0 amide bonds. The maximum atomic E-state index is 5.79. The van der Waals surface area contributed by atoms with Crippen molar-refractivity contribution in [2.75, 3.05) is 40.0 Å². The van der Waals surface area contributed by atoms with Gasteiger partial charge in [-0.1, -0.05) is 30.3 Å². The van der Waals surface area contributed by atoms with Crippen LogP contribution in [0.5, 0.6) is 0 Å². The molecule has 5 nitrogen and oxygen atoms in total. The van der Waals surface area contributed by atoms with E-state index < -0.39 is 0 Å². The van der Waals surface area contributed by atoms with Crippen LogP contribution in [0.25, 0.3) is 0 Å². The highest BCUT2D eigenvalue weighted by molar-refractivity contribution is 14.0. The number of nitrogens with one attached hydrogen (secondary N) is 2. The highest BCUT2D eigenvalue weighted by atomic mass is 127. The number of hydrogen-bond donors (Lipinski definition) is 2. The zero-order valence-electron chi connectivity index (χ0n) is 16.1. The Labute approximate surface area is 175 Å². The Hall–Kier alpha value is -0.860. The number of aliphatic imine (C=N–C) groups is 1. The molecular weight excluding hydrogens is 441 g/mol. The molecule has 1 atom stereocenters. The monoisotopic (exact) mass is 475 g/mol. The molecule has 1 aliphatic heterocycles. The van der Waals surface area contributed by atoms with Crippen LogP contribution in [0.3, 0.4) is 0 Å². The summed E-state index contributed by atoms with van der Waals surface area (Å²) in [5.41, 5.74) is 1.28. The van der Waals surface area contributed by atoms with Gasteiger partial charge in [0.15, 0.2) is 5.96 Å². The minimum Gasteiger partial charge on any atom is -0.381 e. The molecule has 148 valence electrons. The molecule has 0 aliphatic carbocycles. The molecular formula is C20H34IN3O2. The Morgan fingerprint density at radius 2 is 2.00 bits per heavy atom. The van der Waals surface area contributed by atoms with Crippen LogP contribution < -0.4 is 10.6 Å². The van der Waals surface area contributed by atoms with E-state index in [2.05, 4.69) is 46.8 Å². The van der Waals surface area contributed by atoms with E-state index in [1.807, 2.05) is 6.07 Å². The van der Waals surface area contributed by atoms with E-state index in [9.17, 15) is 0 Å². The molecule has 1 aromatic carbocycles. The van der Waals surface area contributed by atoms with Gasteiger partial charge in [0.2, 0.25) is 0 Å². The summed E-state index contributed by atoms with van der Waals surface area (Å²) in [7, 11) is 1.81. The second-order valence-electron chi connectivity index (χ2n) is 6.81. The molecule has 0 spiro atoms. The Morgan fingerprint density at radius 1 is 1.19 bits per heavy atom. The summed E-state index contributed by atoms with van der Waals surface area (Å²) in [6, 6.07) is 10.5. The number of halogens is 1. The second kappa shape index (κ2) is 13.3. The normalized spacial score (nSPS) is 19.8. The molecule has 0 aromatic heterocycles. The summed E-state index contributed by atoms with van der Waals surface area (Å²) in [6.07, 6.45) is 5.36. The van der Waals surface area contributed by atoms with E-state index in [0.717, 1.165) is 71.0 Å². The molecule has 2 N–H and O–H groups in total. The standard InChI is InChI=1S/C20H33N3O2.HI/c1-20(12-8-15-25-20)17-23-19(21-2)22-13-6-7-14-24-16-11-18-9-4-3-5-10-18;/h3-5,9-10H,6-8,11-17H2,1-2H3,(H2,21,22,23);1H. The smallest absolute Gasteiger partial charge is 0.191 e. The fourth-order valence-electron chi connectivity index (χ4n) is 2.94. The molecule has 0 radical (unpaired) electrons. The lowest BCUT2D eigenvalue weighted by atomic mass is 10.0. The van der Waals surface area contributed by atoms with Gasteiger partial charge in [-0.25, -0.2) is 0 Å². The largest absolute Gasteiger partial charge is 0.381 e. The van der Waals surface area contributed by atoms with E-state index in [0.29, 0.717) is 0 Å². The first-order valence-corrected chi connectivity index (χ1v) is 9.42. The van der Waals surface area contributed by atoms with Crippen LogP contribution in [0, 0.1) is 0 Å². The SMILES string of the molecule is CN=C(NCCCCOCCc1ccccc1)NCC1(C)CCCO1.I. The molecule has 1 aliphatic rings. The zero-order valence-corrected chi connectivity index (χ0v) is 18.5. The molecule has 1 saturated heterocycles. The molecule has 1 aromatic rings. The van der Waals surface area contributed by atoms with Gasteiger partial charge in [-0.2, -0.15) is 0 Å². The lowest BCUT2D eigenvalue weighted by molar-refractivity contribution is 0.0243. The highest BCUT2D eigenvalue weighted by Gasteiger charge is 2.29. The van der Waals surface area contributed by atoms with Gasteiger partial charge in [-0.15, -0.1) is 24.0 Å². The second-order valence-corrected chi connectivity index (χ2v) is 6.81. The maximum absolute atomic E-state index is 5.79. The third kappa shape index (κ3) is 9.19. The molecule has 1 unspecified atom stereocenters. The van der Waals surface area contributed by atoms with Gasteiger partial charge in [0.1, 0.15) is 0 Å². The molecule has 1 fully saturated rings. The van der Waals surface area contributed by atoms with Crippen molar-refractivity contribution in [3.05, 3.63) is 35.9 Å². The lowest BCUT2D eigenvalue weighted by Crippen LogP contribution is -2.45. The van der Waals surface area contributed by atoms with Crippen LogP contribution in [-0.2, 0) is 15.9 Å². The van der Waals surface area contributed by atoms with Crippen LogP contribution in [-0.4, -0.2) is 51.5 Å². The van der Waals surface area contributed by atoms with Crippen molar-refractivity contribution in [3.8, 4) is 0 Å². The van der Waals surface area contributed by atoms with E-state index >= 15 is 0 Å². The molecule has 1 heterocycles. The summed E-state index contributed by atoms with van der Waals surface area (Å²) in [6.45, 7) is 6.34. The first-order chi connectivity index (χ1) is 12.2. The predicted molar refractivity (Wildman–Crippen MR) is 119 cm³/mol. The van der Waals surface area contributed by atoms with E-state index in [-0.39, 0.29) is 29.6 Å². The third-order valence-corrected chi connectivity index (χ3v) is 4.54. The van der Waals surface area contributed by atoms with Gasteiger partial charge in [-0.3, -0.25) is 4.99 Å². The summed E-state index contributed by atoms with van der Waals surface area (Å²) in [4.78, 5) is 4.27. The van der Waals surface area contributed by atoms with Crippen LogP contribution in [0.4, 0.5) is 0 Å². The summed E-state index contributed by atoms with van der Waals surface area (Å²) in [5, 5.41) is 6.72. The topological polar surface area (TPSA) is 54.9 Å². The van der Waals surface area contributed by atoms with Crippen molar-refractivity contribution >= 4 is 29.9 Å². The lowest BCUT2D eigenvalue weighted by Gasteiger charge is -2.24. The van der Waals surface area contributed by atoms with Gasteiger partial charge < -0.3 is 20.1 Å². The van der Waals surface area contributed by atoms with Gasteiger partial charge >= 0.3 is 0 Å². The van der Waals surface area contributed by atoms with Crippen LogP contribution >= 0.6 is 24.0 Å². The van der Waals surface area contributed by atoms with Crippen molar-refractivity contribution in [2.45, 2.75) is 44.6 Å². The number of benzene rings is 1. The van der Waals surface area contributed by atoms with E-state index in [1.54, 1.807) is 7.05 Å². The minimum atomic E-state index is -0.0514. The van der Waals surface area contributed by atoms with E-state index in [1.165, 1.54) is 5.56 Å². The van der Waals surface area contributed by atoms with Crippen molar-refractivity contribution in [1.29, 1.82) is 0 Å². The fourth-order valence-corrected chi connectivity index (χ4v) is 2.94. The van der Waals surface area contributed by atoms with Gasteiger partial charge in [0.25, 0.3) is 0 Å².